The Hall–Kier alpha value is -0.880. The molecule has 0 aromatic carbocycles. The molecular weight excluding hydrogens is 316 g/mol. The normalized spacial score (nSPS) is 24.0. The van der Waals surface area contributed by atoms with Crippen molar-refractivity contribution in [1.29, 1.82) is 0 Å². The lowest BCUT2D eigenvalue weighted by atomic mass is 9.93. The van der Waals surface area contributed by atoms with Gasteiger partial charge in [-0.2, -0.15) is 0 Å². The van der Waals surface area contributed by atoms with E-state index in [9.17, 15) is 9.59 Å². The third kappa shape index (κ3) is 2.59. The first kappa shape index (κ1) is 13.5. The molecule has 0 bridgehead atoms. The summed E-state index contributed by atoms with van der Waals surface area (Å²) < 4.78 is 0.811. The Morgan fingerprint density at radius 2 is 2.22 bits per heavy atom. The van der Waals surface area contributed by atoms with Gasteiger partial charge >= 0.3 is 0 Å². The second-order valence-electron chi connectivity index (χ2n) is 4.58. The lowest BCUT2D eigenvalue weighted by Crippen LogP contribution is -2.48. The van der Waals surface area contributed by atoms with E-state index in [1.54, 1.807) is 4.90 Å². The molecule has 0 radical (unpaired) electrons. The number of rotatable bonds is 2. The molecule has 2 rings (SSSR count). The monoisotopic (exact) mass is 330 g/mol. The molecule has 0 spiro atoms. The maximum atomic E-state index is 12.4. The molecule has 98 valence electrons. The molecule has 2 heterocycles. The van der Waals surface area contributed by atoms with Crippen molar-refractivity contribution < 1.29 is 9.59 Å². The van der Waals surface area contributed by atoms with Gasteiger partial charge in [0.05, 0.1) is 5.92 Å². The first-order valence-corrected chi connectivity index (χ1v) is 7.51. The summed E-state index contributed by atoms with van der Waals surface area (Å²) in [6.07, 6.45) is 1.59. The highest BCUT2D eigenvalue weighted by Crippen LogP contribution is 2.28. The van der Waals surface area contributed by atoms with E-state index in [0.717, 1.165) is 17.3 Å². The molecule has 2 amide bonds. The van der Waals surface area contributed by atoms with E-state index in [4.69, 9.17) is 5.73 Å². The van der Waals surface area contributed by atoms with Crippen molar-refractivity contribution in [3.63, 3.8) is 0 Å². The SMILES string of the molecule is CC1CCC(C(N)=O)CN1C(=O)c1sccc1Br. The molecule has 0 saturated carbocycles. The fourth-order valence-electron chi connectivity index (χ4n) is 2.20. The highest BCUT2D eigenvalue weighted by molar-refractivity contribution is 9.10. The van der Waals surface area contributed by atoms with Gasteiger partial charge in [-0.05, 0) is 47.1 Å². The lowest BCUT2D eigenvalue weighted by molar-refractivity contribution is -0.123. The molecule has 1 aromatic rings. The van der Waals surface area contributed by atoms with E-state index in [-0.39, 0.29) is 23.8 Å². The van der Waals surface area contributed by atoms with Crippen molar-refractivity contribution in [2.45, 2.75) is 25.8 Å². The van der Waals surface area contributed by atoms with Gasteiger partial charge in [0.15, 0.2) is 0 Å². The van der Waals surface area contributed by atoms with Crippen molar-refractivity contribution in [2.75, 3.05) is 6.54 Å². The number of thiophene rings is 1. The van der Waals surface area contributed by atoms with Gasteiger partial charge in [0.25, 0.3) is 5.91 Å². The molecule has 1 saturated heterocycles. The average molecular weight is 331 g/mol. The third-order valence-corrected chi connectivity index (χ3v) is 5.18. The number of carbonyl (C=O) groups excluding carboxylic acids is 2. The van der Waals surface area contributed by atoms with Crippen LogP contribution in [0.4, 0.5) is 0 Å². The fraction of sp³-hybridized carbons (Fsp3) is 0.500. The van der Waals surface area contributed by atoms with Gasteiger partial charge in [0, 0.05) is 17.1 Å². The predicted octanol–water partition coefficient (Wildman–Crippen LogP) is 2.24. The zero-order chi connectivity index (χ0) is 13.3. The van der Waals surface area contributed by atoms with Crippen molar-refractivity contribution in [3.8, 4) is 0 Å². The third-order valence-electron chi connectivity index (χ3n) is 3.36. The van der Waals surface area contributed by atoms with Gasteiger partial charge in [-0.25, -0.2) is 0 Å². The van der Waals surface area contributed by atoms with Crippen LogP contribution in [-0.2, 0) is 4.79 Å². The summed E-state index contributed by atoms with van der Waals surface area (Å²) >= 11 is 4.78. The van der Waals surface area contributed by atoms with Crippen molar-refractivity contribution >= 4 is 39.1 Å². The van der Waals surface area contributed by atoms with E-state index in [1.807, 2.05) is 18.4 Å². The fourth-order valence-corrected chi connectivity index (χ4v) is 3.69. The number of piperidine rings is 1. The number of nitrogens with zero attached hydrogens (tertiary/aromatic N) is 1. The van der Waals surface area contributed by atoms with Crippen LogP contribution in [0.2, 0.25) is 0 Å². The van der Waals surface area contributed by atoms with Crippen molar-refractivity contribution in [1.82, 2.24) is 4.90 Å². The van der Waals surface area contributed by atoms with Gasteiger partial charge < -0.3 is 10.6 Å². The molecule has 2 unspecified atom stereocenters. The minimum absolute atomic E-state index is 0.0182. The molecule has 6 heteroatoms. The Balaban J connectivity index is 2.18. The van der Waals surface area contributed by atoms with Crippen LogP contribution in [0.25, 0.3) is 0 Å². The van der Waals surface area contributed by atoms with E-state index in [1.165, 1.54) is 11.3 Å². The summed E-state index contributed by atoms with van der Waals surface area (Å²) in [5.41, 5.74) is 5.34. The highest BCUT2D eigenvalue weighted by atomic mass is 79.9. The minimum atomic E-state index is -0.315. The van der Waals surface area contributed by atoms with Crippen molar-refractivity contribution in [3.05, 3.63) is 20.8 Å². The van der Waals surface area contributed by atoms with E-state index < -0.39 is 0 Å². The van der Waals surface area contributed by atoms with Crippen LogP contribution >= 0.6 is 27.3 Å². The van der Waals surface area contributed by atoms with E-state index >= 15 is 0 Å². The molecular formula is C12H15BrN2O2S. The first-order valence-electron chi connectivity index (χ1n) is 5.84. The number of likely N-dealkylation sites (tertiary alicyclic amines) is 1. The molecule has 2 atom stereocenters. The zero-order valence-electron chi connectivity index (χ0n) is 10.1. The Morgan fingerprint density at radius 3 is 2.78 bits per heavy atom. The summed E-state index contributed by atoms with van der Waals surface area (Å²) in [6, 6.07) is 2.01. The Kier molecular flexibility index (Phi) is 4.07. The summed E-state index contributed by atoms with van der Waals surface area (Å²) in [7, 11) is 0. The molecule has 1 aromatic heterocycles. The number of halogens is 1. The van der Waals surface area contributed by atoms with Crippen LogP contribution in [0, 0.1) is 5.92 Å². The van der Waals surface area contributed by atoms with Crippen LogP contribution in [0.5, 0.6) is 0 Å². The maximum absolute atomic E-state index is 12.4. The number of primary amides is 1. The Morgan fingerprint density at radius 1 is 1.50 bits per heavy atom. The number of nitrogens with two attached hydrogens (primary N) is 1. The summed E-state index contributed by atoms with van der Waals surface area (Å²) in [6.45, 7) is 2.44. The van der Waals surface area contributed by atoms with Crippen LogP contribution in [0.3, 0.4) is 0 Å². The topological polar surface area (TPSA) is 63.4 Å². The highest BCUT2D eigenvalue weighted by Gasteiger charge is 2.33. The van der Waals surface area contributed by atoms with Crippen LogP contribution in [0.1, 0.15) is 29.4 Å². The molecule has 2 N–H and O–H groups in total. The standard InChI is InChI=1S/C12H15BrN2O2S/c1-7-2-3-8(11(14)16)6-15(7)12(17)10-9(13)4-5-18-10/h4-5,7-8H,2-3,6H2,1H3,(H2,14,16). The summed E-state index contributed by atoms with van der Waals surface area (Å²) in [5, 5.41) is 1.87. The van der Waals surface area contributed by atoms with Gasteiger partial charge in [0.1, 0.15) is 4.88 Å². The molecule has 1 fully saturated rings. The second kappa shape index (κ2) is 5.40. The smallest absolute Gasteiger partial charge is 0.265 e. The van der Waals surface area contributed by atoms with E-state index in [0.29, 0.717) is 11.4 Å². The Labute approximate surface area is 118 Å². The van der Waals surface area contributed by atoms with Crippen molar-refractivity contribution in [2.24, 2.45) is 11.7 Å². The lowest BCUT2D eigenvalue weighted by Gasteiger charge is -2.36. The quantitative estimate of drug-likeness (QED) is 0.903. The second-order valence-corrected chi connectivity index (χ2v) is 6.35. The van der Waals surface area contributed by atoms with Gasteiger partial charge in [0.2, 0.25) is 5.91 Å². The van der Waals surface area contributed by atoms with Gasteiger partial charge in [-0.3, -0.25) is 9.59 Å². The first-order chi connectivity index (χ1) is 8.50. The molecule has 1 aliphatic heterocycles. The van der Waals surface area contributed by atoms with Crippen LogP contribution in [0.15, 0.2) is 15.9 Å². The molecule has 18 heavy (non-hydrogen) atoms. The largest absolute Gasteiger partial charge is 0.369 e. The van der Waals surface area contributed by atoms with E-state index in [2.05, 4.69) is 15.9 Å². The zero-order valence-corrected chi connectivity index (χ0v) is 12.5. The van der Waals surface area contributed by atoms with Gasteiger partial charge in [-0.15, -0.1) is 11.3 Å². The average Bonchev–Trinajstić information content (AvgIpc) is 2.75. The van der Waals surface area contributed by atoms with Crippen LogP contribution < -0.4 is 5.73 Å². The maximum Gasteiger partial charge on any atom is 0.265 e. The number of hydrogen-bond donors (Lipinski definition) is 1. The number of carbonyl (C=O) groups is 2. The van der Waals surface area contributed by atoms with Crippen LogP contribution in [-0.4, -0.2) is 29.3 Å². The molecule has 1 aliphatic rings. The summed E-state index contributed by atoms with van der Waals surface area (Å²) in [5.74, 6) is -0.552. The molecule has 4 nitrogen and oxygen atoms in total. The molecule has 0 aliphatic carbocycles. The summed E-state index contributed by atoms with van der Waals surface area (Å²) in [4.78, 5) is 26.1. The minimum Gasteiger partial charge on any atom is -0.369 e. The van der Waals surface area contributed by atoms with Gasteiger partial charge in [-0.1, -0.05) is 0 Å². The number of amides is 2. The predicted molar refractivity (Wildman–Crippen MR) is 74.4 cm³/mol. The Bertz CT molecular complexity index is 474. The number of hydrogen-bond acceptors (Lipinski definition) is 3.